The average molecular weight is 368 g/mol. The number of benzene rings is 1. The van der Waals surface area contributed by atoms with E-state index in [9.17, 15) is 9.59 Å². The lowest BCUT2D eigenvalue weighted by Crippen LogP contribution is -2.35. The van der Waals surface area contributed by atoms with Crippen molar-refractivity contribution in [3.63, 3.8) is 0 Å². The van der Waals surface area contributed by atoms with Crippen molar-refractivity contribution >= 4 is 45.9 Å². The monoisotopic (exact) mass is 368 g/mol. The number of nitrogens with one attached hydrogen (secondary N) is 2. The summed E-state index contributed by atoms with van der Waals surface area (Å²) in [5.74, 6) is 0.311. The molecule has 2 aromatic rings. The second kappa shape index (κ2) is 8.50. The Kier molecular flexibility index (Phi) is 6.38. The number of hydrogen-bond acceptors (Lipinski definition) is 9. The number of ether oxygens (including phenoxy) is 2. The maximum Gasteiger partial charge on any atom is 0.413 e. The second-order valence-electron chi connectivity index (χ2n) is 4.47. The number of carbonyl (C=O) groups is 2. The first kappa shape index (κ1) is 18.0. The van der Waals surface area contributed by atoms with Gasteiger partial charge in [-0.25, -0.2) is 4.79 Å². The van der Waals surface area contributed by atoms with E-state index in [-0.39, 0.29) is 0 Å². The highest BCUT2D eigenvalue weighted by atomic mass is 32.2. The first-order chi connectivity index (χ1) is 11.5. The lowest BCUT2D eigenvalue weighted by Gasteiger charge is -2.07. The van der Waals surface area contributed by atoms with Crippen molar-refractivity contribution in [3.05, 3.63) is 24.3 Å². The number of thioether (sulfide) groups is 1. The van der Waals surface area contributed by atoms with Gasteiger partial charge in [0.05, 0.1) is 19.5 Å². The number of imide groups is 1. The molecule has 1 aromatic heterocycles. The highest BCUT2D eigenvalue weighted by Gasteiger charge is 2.19. The van der Waals surface area contributed by atoms with Crippen LogP contribution in [0.5, 0.6) is 5.75 Å². The molecule has 128 valence electrons. The number of amides is 2. The molecule has 1 aromatic carbocycles. The van der Waals surface area contributed by atoms with Gasteiger partial charge in [-0.2, -0.15) is 0 Å². The summed E-state index contributed by atoms with van der Waals surface area (Å²) in [4.78, 5) is 22.8. The zero-order chi connectivity index (χ0) is 17.5. The Labute approximate surface area is 146 Å². The molecule has 2 amide bonds. The zero-order valence-electron chi connectivity index (χ0n) is 13.2. The van der Waals surface area contributed by atoms with Crippen molar-refractivity contribution in [1.82, 2.24) is 15.5 Å². The zero-order valence-corrected chi connectivity index (χ0v) is 14.9. The Morgan fingerprint density at radius 3 is 2.54 bits per heavy atom. The van der Waals surface area contributed by atoms with Gasteiger partial charge in [-0.1, -0.05) is 23.1 Å². The van der Waals surface area contributed by atoms with Gasteiger partial charge in [-0.05, 0) is 31.2 Å². The summed E-state index contributed by atoms with van der Waals surface area (Å²) in [6.45, 7) is 1.67. The summed E-state index contributed by atoms with van der Waals surface area (Å²) in [6.07, 6.45) is -0.786. The summed E-state index contributed by atoms with van der Waals surface area (Å²) >= 11 is 2.52. The minimum atomic E-state index is -0.786. The van der Waals surface area contributed by atoms with Crippen LogP contribution in [0.3, 0.4) is 0 Å². The van der Waals surface area contributed by atoms with E-state index in [1.54, 1.807) is 14.0 Å². The van der Waals surface area contributed by atoms with E-state index in [0.717, 1.165) is 11.4 Å². The molecule has 0 saturated carbocycles. The molecule has 0 radical (unpaired) electrons. The maximum atomic E-state index is 11.8. The van der Waals surface area contributed by atoms with E-state index in [4.69, 9.17) is 4.74 Å². The highest BCUT2D eigenvalue weighted by molar-refractivity contribution is 8.02. The van der Waals surface area contributed by atoms with Crippen LogP contribution in [0.15, 0.2) is 28.6 Å². The molecule has 0 bridgehead atoms. The first-order valence-electron chi connectivity index (χ1n) is 6.82. The third-order valence-electron chi connectivity index (χ3n) is 2.81. The van der Waals surface area contributed by atoms with Crippen LogP contribution < -0.4 is 15.4 Å². The fourth-order valence-corrected chi connectivity index (χ4v) is 3.48. The molecule has 0 spiro atoms. The van der Waals surface area contributed by atoms with E-state index < -0.39 is 17.3 Å². The molecule has 24 heavy (non-hydrogen) atoms. The smallest absolute Gasteiger partial charge is 0.413 e. The summed E-state index contributed by atoms with van der Waals surface area (Å²) in [7, 11) is 2.80. The van der Waals surface area contributed by atoms with Gasteiger partial charge >= 0.3 is 6.09 Å². The highest BCUT2D eigenvalue weighted by Crippen LogP contribution is 2.30. The minimum absolute atomic E-state index is 0.452. The Hall–Kier alpha value is -2.33. The van der Waals surface area contributed by atoms with Crippen molar-refractivity contribution in [2.24, 2.45) is 0 Å². The molecule has 0 unspecified atom stereocenters. The molecule has 0 aliphatic heterocycles. The SMILES string of the molecule is COC(=O)NC(=O)[C@H](C)Sc1nnc(Nc2ccc(OC)cc2)s1. The summed E-state index contributed by atoms with van der Waals surface area (Å²) in [5, 5.41) is 13.4. The van der Waals surface area contributed by atoms with Crippen molar-refractivity contribution in [3.8, 4) is 5.75 Å². The molecule has 10 heteroatoms. The molecule has 2 N–H and O–H groups in total. The molecule has 0 aliphatic carbocycles. The van der Waals surface area contributed by atoms with Crippen LogP contribution in [-0.4, -0.2) is 41.7 Å². The van der Waals surface area contributed by atoms with Gasteiger partial charge < -0.3 is 14.8 Å². The van der Waals surface area contributed by atoms with Crippen LogP contribution in [0.1, 0.15) is 6.92 Å². The van der Waals surface area contributed by atoms with Gasteiger partial charge in [-0.15, -0.1) is 10.2 Å². The topological polar surface area (TPSA) is 102 Å². The van der Waals surface area contributed by atoms with Crippen molar-refractivity contribution < 1.29 is 19.1 Å². The molecular weight excluding hydrogens is 352 g/mol. The van der Waals surface area contributed by atoms with Gasteiger partial charge in [0, 0.05) is 5.69 Å². The number of carbonyl (C=O) groups excluding carboxylic acids is 2. The molecule has 0 saturated heterocycles. The van der Waals surface area contributed by atoms with Crippen molar-refractivity contribution in [2.45, 2.75) is 16.5 Å². The summed E-state index contributed by atoms with van der Waals surface area (Å²) < 4.78 is 10.1. The van der Waals surface area contributed by atoms with E-state index in [2.05, 4.69) is 25.6 Å². The van der Waals surface area contributed by atoms with E-state index in [1.807, 2.05) is 24.3 Å². The largest absolute Gasteiger partial charge is 0.497 e. The van der Waals surface area contributed by atoms with Crippen LogP contribution in [-0.2, 0) is 9.53 Å². The Morgan fingerprint density at radius 2 is 1.92 bits per heavy atom. The molecular formula is C14H16N4O4S2. The number of aromatic nitrogens is 2. The Balaban J connectivity index is 1.92. The van der Waals surface area contributed by atoms with Crippen LogP contribution in [0, 0.1) is 0 Å². The second-order valence-corrected chi connectivity index (χ2v) is 7.03. The fourth-order valence-electron chi connectivity index (χ4n) is 1.56. The van der Waals surface area contributed by atoms with E-state index in [1.165, 1.54) is 30.2 Å². The average Bonchev–Trinajstić information content (AvgIpc) is 3.02. The maximum absolute atomic E-state index is 11.8. The number of anilines is 2. The third-order valence-corrected chi connectivity index (χ3v) is 4.83. The minimum Gasteiger partial charge on any atom is -0.497 e. The van der Waals surface area contributed by atoms with Crippen LogP contribution in [0.4, 0.5) is 15.6 Å². The molecule has 0 fully saturated rings. The quantitative estimate of drug-likeness (QED) is 0.750. The number of methoxy groups -OCH3 is 2. The van der Waals surface area contributed by atoms with Crippen LogP contribution >= 0.6 is 23.1 Å². The molecule has 2 rings (SSSR count). The van der Waals surface area contributed by atoms with Gasteiger partial charge in [0.2, 0.25) is 11.0 Å². The van der Waals surface area contributed by atoms with Gasteiger partial charge in [0.1, 0.15) is 5.75 Å². The Bertz CT molecular complexity index is 705. The van der Waals surface area contributed by atoms with Crippen LogP contribution in [0.2, 0.25) is 0 Å². The fraction of sp³-hybridized carbons (Fsp3) is 0.286. The number of rotatable bonds is 6. The lowest BCUT2D eigenvalue weighted by atomic mass is 10.3. The number of hydrogen-bond donors (Lipinski definition) is 2. The molecule has 1 heterocycles. The number of nitrogens with zero attached hydrogens (tertiary/aromatic N) is 2. The van der Waals surface area contributed by atoms with Gasteiger partial charge in [0.15, 0.2) is 4.34 Å². The Morgan fingerprint density at radius 1 is 1.21 bits per heavy atom. The van der Waals surface area contributed by atoms with E-state index >= 15 is 0 Å². The standard InChI is InChI=1S/C14H16N4O4S2/c1-8(11(19)16-13(20)22-3)23-14-18-17-12(24-14)15-9-4-6-10(21-2)7-5-9/h4-8H,1-3H3,(H,15,17)(H,16,19,20)/t8-/m0/s1. The predicted octanol–water partition coefficient (Wildman–Crippen LogP) is 2.65. The third kappa shape index (κ3) is 5.10. The normalized spacial score (nSPS) is 11.5. The number of alkyl carbamates (subject to hydrolysis) is 1. The summed E-state index contributed by atoms with van der Waals surface area (Å²) in [6, 6.07) is 7.38. The van der Waals surface area contributed by atoms with Crippen molar-refractivity contribution in [1.29, 1.82) is 0 Å². The summed E-state index contributed by atoms with van der Waals surface area (Å²) in [5.41, 5.74) is 0.847. The van der Waals surface area contributed by atoms with Crippen molar-refractivity contribution in [2.75, 3.05) is 19.5 Å². The predicted molar refractivity (Wildman–Crippen MR) is 92.1 cm³/mol. The van der Waals surface area contributed by atoms with Crippen LogP contribution in [0.25, 0.3) is 0 Å². The first-order valence-corrected chi connectivity index (χ1v) is 8.51. The molecule has 8 nitrogen and oxygen atoms in total. The van der Waals surface area contributed by atoms with Gasteiger partial charge in [-0.3, -0.25) is 10.1 Å². The lowest BCUT2D eigenvalue weighted by molar-refractivity contribution is -0.119. The molecule has 1 atom stereocenters. The van der Waals surface area contributed by atoms with Gasteiger partial charge in [0.25, 0.3) is 0 Å². The van der Waals surface area contributed by atoms with E-state index in [0.29, 0.717) is 9.47 Å². The molecule has 0 aliphatic rings.